The fourth-order valence-electron chi connectivity index (χ4n) is 3.47. The van der Waals surface area contributed by atoms with Crippen LogP contribution in [0.25, 0.3) is 0 Å². The number of alkyl halides is 2. The van der Waals surface area contributed by atoms with Crippen molar-refractivity contribution in [3.8, 4) is 11.5 Å². The number of benzene rings is 3. The molecule has 0 saturated heterocycles. The van der Waals surface area contributed by atoms with Crippen LogP contribution in [0.3, 0.4) is 0 Å². The quantitative estimate of drug-likeness (QED) is 0.323. The summed E-state index contributed by atoms with van der Waals surface area (Å²) in [6.07, 6.45) is 0. The third-order valence-corrected chi connectivity index (χ3v) is 7.13. The lowest BCUT2D eigenvalue weighted by molar-refractivity contribution is -0.119. The van der Waals surface area contributed by atoms with E-state index >= 15 is 0 Å². The van der Waals surface area contributed by atoms with Gasteiger partial charge in [-0.15, -0.1) is 0 Å². The number of nitrogens with zero attached hydrogens (tertiary/aromatic N) is 1. The first-order valence-corrected chi connectivity index (χ1v) is 13.6. The third-order valence-electron chi connectivity index (χ3n) is 5.04. The number of ether oxygens (including phenoxy) is 2. The summed E-state index contributed by atoms with van der Waals surface area (Å²) in [7, 11) is 1.05. The predicted molar refractivity (Wildman–Crippen MR) is 146 cm³/mol. The number of hydrogen-bond donors (Lipinski definition) is 2. The topological polar surface area (TPSA) is 97.0 Å². The van der Waals surface area contributed by atoms with Crippen molar-refractivity contribution in [3.05, 3.63) is 78.4 Å². The van der Waals surface area contributed by atoms with Crippen LogP contribution in [0.15, 0.2) is 77.7 Å². The standard InChI is InChI=1S/C24H27F2N3O5P2S/c1-3-33-20-15-18(29(36)23(30)22(27-2)16-8-5-4-6-9-16)12-13-21(20)37(31,32)28-17-10-7-11-19(14-17)34-24(25,26)35/h4-15,22,27-28H,3,35-36H2,1-2H3. The van der Waals surface area contributed by atoms with Gasteiger partial charge in [0.1, 0.15) is 22.4 Å². The summed E-state index contributed by atoms with van der Waals surface area (Å²) in [4.78, 5) is 13.0. The molecule has 0 aliphatic heterocycles. The van der Waals surface area contributed by atoms with Crippen LogP contribution in [0.2, 0.25) is 0 Å². The molecule has 0 aromatic heterocycles. The Hall–Kier alpha value is -2.84. The largest absolute Gasteiger partial charge is 0.492 e. The van der Waals surface area contributed by atoms with Crippen molar-refractivity contribution in [2.45, 2.75) is 23.7 Å². The number of halogens is 2. The molecule has 0 bridgehead atoms. The average molecular weight is 570 g/mol. The predicted octanol–water partition coefficient (Wildman–Crippen LogP) is 4.77. The van der Waals surface area contributed by atoms with Gasteiger partial charge in [-0.2, -0.15) is 8.78 Å². The maximum atomic E-state index is 13.2. The van der Waals surface area contributed by atoms with Gasteiger partial charge in [0.25, 0.3) is 15.9 Å². The Bertz CT molecular complexity index is 1340. The molecule has 0 heterocycles. The monoisotopic (exact) mass is 569 g/mol. The molecule has 3 rings (SSSR count). The van der Waals surface area contributed by atoms with E-state index in [2.05, 4.69) is 24.2 Å². The Balaban J connectivity index is 1.89. The minimum atomic E-state index is -4.20. The lowest BCUT2D eigenvalue weighted by Gasteiger charge is -2.24. The van der Waals surface area contributed by atoms with Crippen LogP contribution in [0.1, 0.15) is 18.5 Å². The fraction of sp³-hybridized carbons (Fsp3) is 0.208. The molecule has 0 radical (unpaired) electrons. The SMILES string of the molecule is CCOc1cc(N(P)C(=O)C(NC)c2ccccc2)ccc1S(=O)(=O)Nc1cccc(OC(F)(F)P)c1. The molecule has 37 heavy (non-hydrogen) atoms. The molecule has 2 N–H and O–H groups in total. The molecule has 3 aromatic rings. The van der Waals surface area contributed by atoms with Crippen LogP contribution in [-0.2, 0) is 14.8 Å². The number of carbonyl (C=O) groups is 1. The second-order valence-corrected chi connectivity index (χ2v) is 10.5. The molecule has 3 unspecified atom stereocenters. The van der Waals surface area contributed by atoms with Crippen molar-refractivity contribution in [1.82, 2.24) is 5.32 Å². The van der Waals surface area contributed by atoms with Gasteiger partial charge in [-0.3, -0.25) is 14.2 Å². The Kier molecular flexibility index (Phi) is 9.42. The Labute approximate surface area is 219 Å². The lowest BCUT2D eigenvalue weighted by atomic mass is 10.1. The van der Waals surface area contributed by atoms with Crippen molar-refractivity contribution in [2.24, 2.45) is 0 Å². The van der Waals surface area contributed by atoms with Gasteiger partial charge >= 0.3 is 5.85 Å². The zero-order valence-corrected chi connectivity index (χ0v) is 23.1. The highest BCUT2D eigenvalue weighted by atomic mass is 32.2. The smallest absolute Gasteiger partial charge is 0.408 e. The maximum Gasteiger partial charge on any atom is 0.408 e. The number of rotatable bonds is 11. The van der Waals surface area contributed by atoms with E-state index in [0.29, 0.717) is 5.69 Å². The van der Waals surface area contributed by atoms with Gasteiger partial charge < -0.3 is 14.8 Å². The molecule has 0 spiro atoms. The average Bonchev–Trinajstić information content (AvgIpc) is 2.83. The van der Waals surface area contributed by atoms with Gasteiger partial charge in [-0.05, 0) is 62.4 Å². The van der Waals surface area contributed by atoms with E-state index in [9.17, 15) is 22.0 Å². The molecule has 1 amide bonds. The van der Waals surface area contributed by atoms with Crippen LogP contribution in [0, 0.1) is 0 Å². The molecular weight excluding hydrogens is 542 g/mol. The van der Waals surface area contributed by atoms with Gasteiger partial charge in [-0.25, -0.2) is 8.42 Å². The van der Waals surface area contributed by atoms with Crippen molar-refractivity contribution < 1.29 is 31.5 Å². The summed E-state index contributed by atoms with van der Waals surface area (Å²) in [5.74, 6) is -4.02. The number of likely N-dealkylation sites (N-methyl/N-ethyl adjacent to an activating group) is 1. The first kappa shape index (κ1) is 28.7. The first-order valence-electron chi connectivity index (χ1n) is 11.0. The summed E-state index contributed by atoms with van der Waals surface area (Å²) in [6, 6.07) is 17.9. The molecule has 3 aromatic carbocycles. The Morgan fingerprint density at radius 1 is 1.08 bits per heavy atom. The lowest BCUT2D eigenvalue weighted by Crippen LogP contribution is -2.34. The minimum Gasteiger partial charge on any atom is -0.492 e. The maximum absolute atomic E-state index is 13.2. The molecule has 0 aliphatic carbocycles. The molecule has 8 nitrogen and oxygen atoms in total. The van der Waals surface area contributed by atoms with Gasteiger partial charge in [0.15, 0.2) is 0 Å². The van der Waals surface area contributed by atoms with Crippen molar-refractivity contribution in [3.63, 3.8) is 0 Å². The third kappa shape index (κ3) is 7.58. The first-order chi connectivity index (χ1) is 17.4. The molecule has 0 aliphatic rings. The molecule has 13 heteroatoms. The zero-order valence-electron chi connectivity index (χ0n) is 20.0. The Morgan fingerprint density at radius 3 is 2.41 bits per heavy atom. The molecule has 0 saturated carbocycles. The van der Waals surface area contributed by atoms with Gasteiger partial charge in [0.05, 0.1) is 18.0 Å². The van der Waals surface area contributed by atoms with E-state index in [-0.39, 0.29) is 34.6 Å². The van der Waals surface area contributed by atoms with E-state index < -0.39 is 21.9 Å². The minimum absolute atomic E-state index is 0.0114. The summed E-state index contributed by atoms with van der Waals surface area (Å²) in [5, 5.41) is 2.99. The van der Waals surface area contributed by atoms with Gasteiger partial charge in [0.2, 0.25) is 0 Å². The van der Waals surface area contributed by atoms with Gasteiger partial charge in [0, 0.05) is 12.1 Å². The molecule has 3 atom stereocenters. The van der Waals surface area contributed by atoms with Gasteiger partial charge in [-0.1, -0.05) is 36.4 Å². The normalized spacial score (nSPS) is 12.5. The summed E-state index contributed by atoms with van der Waals surface area (Å²) < 4.78 is 66.4. The number of amides is 1. The highest BCUT2D eigenvalue weighted by molar-refractivity contribution is 7.92. The van der Waals surface area contributed by atoms with E-state index in [0.717, 1.165) is 11.6 Å². The molecule has 0 fully saturated rings. The number of nitrogens with one attached hydrogen (secondary N) is 2. The van der Waals surface area contributed by atoms with Crippen molar-refractivity contribution >= 4 is 45.9 Å². The number of anilines is 2. The number of hydrogen-bond acceptors (Lipinski definition) is 6. The molecule has 198 valence electrons. The summed E-state index contributed by atoms with van der Waals surface area (Å²) in [6.45, 7) is 1.85. The molecular formula is C24H27F2N3O5P2S. The van der Waals surface area contributed by atoms with E-state index in [1.807, 2.05) is 30.3 Å². The second-order valence-electron chi connectivity index (χ2n) is 7.70. The van der Waals surface area contributed by atoms with Crippen molar-refractivity contribution in [1.29, 1.82) is 0 Å². The highest BCUT2D eigenvalue weighted by Crippen LogP contribution is 2.34. The van der Waals surface area contributed by atoms with Crippen LogP contribution in [0.4, 0.5) is 20.2 Å². The summed E-state index contributed by atoms with van der Waals surface area (Å²) in [5.41, 5.74) is 1.16. The zero-order chi connectivity index (χ0) is 27.2. The number of sulfonamides is 1. The van der Waals surface area contributed by atoms with E-state index in [1.165, 1.54) is 50.3 Å². The fourth-order valence-corrected chi connectivity index (χ4v) is 5.09. The highest BCUT2D eigenvalue weighted by Gasteiger charge is 2.27. The van der Waals surface area contributed by atoms with Crippen LogP contribution >= 0.6 is 18.6 Å². The van der Waals surface area contributed by atoms with Crippen LogP contribution < -0.4 is 24.2 Å². The van der Waals surface area contributed by atoms with Crippen LogP contribution in [0.5, 0.6) is 11.5 Å². The second kappa shape index (κ2) is 12.1. The van der Waals surface area contributed by atoms with Crippen LogP contribution in [-0.4, -0.2) is 33.8 Å². The van der Waals surface area contributed by atoms with E-state index in [1.54, 1.807) is 14.0 Å². The summed E-state index contributed by atoms with van der Waals surface area (Å²) >= 11 is 0. The van der Waals surface area contributed by atoms with Crippen molar-refractivity contribution in [2.75, 3.05) is 23.0 Å². The Morgan fingerprint density at radius 2 is 1.78 bits per heavy atom. The van der Waals surface area contributed by atoms with E-state index in [4.69, 9.17) is 4.74 Å². The number of carbonyl (C=O) groups excluding carboxylic acids is 1.